The van der Waals surface area contributed by atoms with Gasteiger partial charge in [-0.05, 0) is 37.8 Å². The Hall–Kier alpha value is -1.31. The SMILES string of the molecule is CC(OC(=O)c1ccccc1)C1CCC1. The van der Waals surface area contributed by atoms with E-state index >= 15 is 0 Å². The van der Waals surface area contributed by atoms with Gasteiger partial charge in [-0.15, -0.1) is 0 Å². The molecule has 1 aromatic carbocycles. The summed E-state index contributed by atoms with van der Waals surface area (Å²) in [6, 6.07) is 9.17. The highest BCUT2D eigenvalue weighted by atomic mass is 16.5. The summed E-state index contributed by atoms with van der Waals surface area (Å²) in [4.78, 5) is 11.7. The molecular formula is C13H16O2. The lowest BCUT2D eigenvalue weighted by atomic mass is 9.82. The topological polar surface area (TPSA) is 26.3 Å². The summed E-state index contributed by atoms with van der Waals surface area (Å²) in [5, 5.41) is 0. The second kappa shape index (κ2) is 4.47. The molecule has 0 aliphatic heterocycles. The molecule has 1 fully saturated rings. The summed E-state index contributed by atoms with van der Waals surface area (Å²) in [6.07, 6.45) is 3.73. The first-order valence-corrected chi connectivity index (χ1v) is 5.53. The molecule has 0 saturated heterocycles. The number of ether oxygens (including phenoxy) is 1. The molecule has 1 saturated carbocycles. The van der Waals surface area contributed by atoms with E-state index in [9.17, 15) is 4.79 Å². The number of benzene rings is 1. The second-order valence-electron chi connectivity index (χ2n) is 4.17. The van der Waals surface area contributed by atoms with E-state index in [-0.39, 0.29) is 12.1 Å². The molecule has 0 spiro atoms. The van der Waals surface area contributed by atoms with Crippen LogP contribution in [0.15, 0.2) is 30.3 Å². The van der Waals surface area contributed by atoms with Gasteiger partial charge >= 0.3 is 5.97 Å². The fourth-order valence-electron chi connectivity index (χ4n) is 1.82. The summed E-state index contributed by atoms with van der Waals surface area (Å²) < 4.78 is 5.40. The van der Waals surface area contributed by atoms with Crippen LogP contribution in [0.2, 0.25) is 0 Å². The van der Waals surface area contributed by atoms with Gasteiger partial charge in [-0.2, -0.15) is 0 Å². The van der Waals surface area contributed by atoms with Gasteiger partial charge in [0.1, 0.15) is 6.10 Å². The van der Waals surface area contributed by atoms with Crippen molar-refractivity contribution < 1.29 is 9.53 Å². The minimum absolute atomic E-state index is 0.0615. The lowest BCUT2D eigenvalue weighted by Crippen LogP contribution is -2.28. The molecule has 1 aliphatic rings. The van der Waals surface area contributed by atoms with Gasteiger partial charge < -0.3 is 4.74 Å². The Bertz CT molecular complexity index is 328. The number of carbonyl (C=O) groups excluding carboxylic acids is 1. The number of rotatable bonds is 3. The molecule has 2 nitrogen and oxygen atoms in total. The van der Waals surface area contributed by atoms with Gasteiger partial charge in [0.05, 0.1) is 5.56 Å². The first-order valence-electron chi connectivity index (χ1n) is 5.53. The molecule has 0 radical (unpaired) electrons. The van der Waals surface area contributed by atoms with Gasteiger partial charge in [0.2, 0.25) is 0 Å². The first kappa shape index (κ1) is 10.2. The van der Waals surface area contributed by atoms with Crippen LogP contribution in [-0.2, 0) is 4.74 Å². The first-order chi connectivity index (χ1) is 7.27. The molecule has 15 heavy (non-hydrogen) atoms. The standard InChI is InChI=1S/C13H16O2/c1-10(11-8-5-9-11)15-13(14)12-6-3-2-4-7-12/h2-4,6-7,10-11H,5,8-9H2,1H3. The summed E-state index contributed by atoms with van der Waals surface area (Å²) >= 11 is 0. The Kier molecular flexibility index (Phi) is 3.05. The van der Waals surface area contributed by atoms with Crippen LogP contribution in [0.5, 0.6) is 0 Å². The molecule has 0 bridgehead atoms. The summed E-state index contributed by atoms with van der Waals surface area (Å²) in [7, 11) is 0. The monoisotopic (exact) mass is 204 g/mol. The minimum atomic E-state index is -0.199. The molecule has 0 heterocycles. The Morgan fingerprint density at radius 2 is 2.00 bits per heavy atom. The van der Waals surface area contributed by atoms with Crippen LogP contribution in [-0.4, -0.2) is 12.1 Å². The van der Waals surface area contributed by atoms with Crippen molar-refractivity contribution in [2.45, 2.75) is 32.3 Å². The number of esters is 1. The summed E-state index contributed by atoms with van der Waals surface area (Å²) in [5.41, 5.74) is 0.642. The highest BCUT2D eigenvalue weighted by Crippen LogP contribution is 2.31. The summed E-state index contributed by atoms with van der Waals surface area (Å²) in [6.45, 7) is 1.99. The van der Waals surface area contributed by atoms with Crippen LogP contribution in [0.1, 0.15) is 36.5 Å². The number of hydrogen-bond donors (Lipinski definition) is 0. The van der Waals surface area contributed by atoms with Crippen molar-refractivity contribution in [3.8, 4) is 0 Å². The molecule has 2 heteroatoms. The lowest BCUT2D eigenvalue weighted by molar-refractivity contribution is 0.00660. The third-order valence-corrected chi connectivity index (χ3v) is 3.12. The average molecular weight is 204 g/mol. The number of carbonyl (C=O) groups is 1. The van der Waals surface area contributed by atoms with Crippen molar-refractivity contribution in [1.82, 2.24) is 0 Å². The second-order valence-corrected chi connectivity index (χ2v) is 4.17. The quantitative estimate of drug-likeness (QED) is 0.707. The third-order valence-electron chi connectivity index (χ3n) is 3.12. The molecule has 2 rings (SSSR count). The van der Waals surface area contributed by atoms with E-state index in [4.69, 9.17) is 4.74 Å². The van der Waals surface area contributed by atoms with E-state index in [2.05, 4.69) is 0 Å². The highest BCUT2D eigenvalue weighted by Gasteiger charge is 2.26. The van der Waals surface area contributed by atoms with Gasteiger partial charge in [-0.1, -0.05) is 24.6 Å². The minimum Gasteiger partial charge on any atom is -0.459 e. The van der Waals surface area contributed by atoms with Crippen molar-refractivity contribution in [3.05, 3.63) is 35.9 Å². The lowest BCUT2D eigenvalue weighted by Gasteiger charge is -2.30. The molecule has 0 N–H and O–H groups in total. The highest BCUT2D eigenvalue weighted by molar-refractivity contribution is 5.89. The van der Waals surface area contributed by atoms with Crippen LogP contribution < -0.4 is 0 Å². The van der Waals surface area contributed by atoms with E-state index in [0.29, 0.717) is 11.5 Å². The zero-order valence-corrected chi connectivity index (χ0v) is 8.98. The largest absolute Gasteiger partial charge is 0.459 e. The molecule has 1 unspecified atom stereocenters. The fraction of sp³-hybridized carbons (Fsp3) is 0.462. The molecule has 0 aromatic heterocycles. The van der Waals surface area contributed by atoms with Gasteiger partial charge in [-0.3, -0.25) is 0 Å². The van der Waals surface area contributed by atoms with Crippen LogP contribution in [0, 0.1) is 5.92 Å². The molecule has 80 valence electrons. The van der Waals surface area contributed by atoms with Crippen LogP contribution in [0.3, 0.4) is 0 Å². The van der Waals surface area contributed by atoms with E-state index in [1.54, 1.807) is 12.1 Å². The zero-order chi connectivity index (χ0) is 10.7. The van der Waals surface area contributed by atoms with E-state index in [0.717, 1.165) is 0 Å². The molecule has 1 atom stereocenters. The normalized spacial score (nSPS) is 17.9. The predicted octanol–water partition coefficient (Wildman–Crippen LogP) is 3.03. The van der Waals surface area contributed by atoms with Crippen LogP contribution in [0.4, 0.5) is 0 Å². The van der Waals surface area contributed by atoms with Gasteiger partial charge in [0.25, 0.3) is 0 Å². The van der Waals surface area contributed by atoms with Gasteiger partial charge in [0.15, 0.2) is 0 Å². The Morgan fingerprint density at radius 3 is 2.53 bits per heavy atom. The Labute approximate surface area is 90.3 Å². The van der Waals surface area contributed by atoms with E-state index in [1.165, 1.54) is 19.3 Å². The van der Waals surface area contributed by atoms with Crippen LogP contribution in [0.25, 0.3) is 0 Å². The van der Waals surface area contributed by atoms with Gasteiger partial charge in [0, 0.05) is 0 Å². The zero-order valence-electron chi connectivity index (χ0n) is 8.98. The Balaban J connectivity index is 1.91. The average Bonchev–Trinajstić information content (AvgIpc) is 2.16. The van der Waals surface area contributed by atoms with Crippen molar-refractivity contribution in [2.24, 2.45) is 5.92 Å². The molecule has 1 aliphatic carbocycles. The third kappa shape index (κ3) is 2.38. The smallest absolute Gasteiger partial charge is 0.338 e. The maximum absolute atomic E-state index is 11.7. The predicted molar refractivity (Wildman–Crippen MR) is 58.7 cm³/mol. The van der Waals surface area contributed by atoms with Crippen molar-refractivity contribution in [3.63, 3.8) is 0 Å². The maximum Gasteiger partial charge on any atom is 0.338 e. The maximum atomic E-state index is 11.7. The van der Waals surface area contributed by atoms with Crippen molar-refractivity contribution in [1.29, 1.82) is 0 Å². The van der Waals surface area contributed by atoms with Crippen molar-refractivity contribution >= 4 is 5.97 Å². The Morgan fingerprint density at radius 1 is 1.33 bits per heavy atom. The molecule has 1 aromatic rings. The van der Waals surface area contributed by atoms with E-state index < -0.39 is 0 Å². The van der Waals surface area contributed by atoms with Gasteiger partial charge in [-0.25, -0.2) is 4.79 Å². The van der Waals surface area contributed by atoms with Crippen molar-refractivity contribution in [2.75, 3.05) is 0 Å². The van der Waals surface area contributed by atoms with E-state index in [1.807, 2.05) is 25.1 Å². The van der Waals surface area contributed by atoms with Crippen LogP contribution >= 0.6 is 0 Å². The number of hydrogen-bond acceptors (Lipinski definition) is 2. The molecule has 0 amide bonds. The molecular weight excluding hydrogens is 188 g/mol. The summed E-state index contributed by atoms with van der Waals surface area (Å²) in [5.74, 6) is 0.382. The fourth-order valence-corrected chi connectivity index (χ4v) is 1.82.